The highest BCUT2D eigenvalue weighted by Gasteiger charge is 2.14. The van der Waals surface area contributed by atoms with Crippen molar-refractivity contribution >= 4 is 5.91 Å². The topological polar surface area (TPSA) is 62.0 Å². The third-order valence-electron chi connectivity index (χ3n) is 3.79. The van der Waals surface area contributed by atoms with Gasteiger partial charge in [0, 0.05) is 11.7 Å². The Morgan fingerprint density at radius 2 is 1.74 bits per heavy atom. The summed E-state index contributed by atoms with van der Waals surface area (Å²) in [5.74, 6) is 0.282. The van der Waals surface area contributed by atoms with Gasteiger partial charge in [-0.2, -0.15) is 0 Å². The molecule has 2 rings (SSSR count). The quantitative estimate of drug-likeness (QED) is 0.856. The van der Waals surface area contributed by atoms with E-state index < -0.39 is 0 Å². The number of benzene rings is 1. The highest BCUT2D eigenvalue weighted by atomic mass is 16.2. The Bertz CT molecular complexity index is 705. The van der Waals surface area contributed by atoms with Crippen molar-refractivity contribution < 1.29 is 4.79 Å². The van der Waals surface area contributed by atoms with Gasteiger partial charge in [0.25, 0.3) is 11.5 Å². The molecule has 23 heavy (non-hydrogen) atoms. The van der Waals surface area contributed by atoms with Crippen LogP contribution in [0.25, 0.3) is 11.3 Å². The van der Waals surface area contributed by atoms with Crippen molar-refractivity contribution in [1.82, 2.24) is 10.3 Å². The van der Waals surface area contributed by atoms with Gasteiger partial charge in [-0.05, 0) is 43.4 Å². The van der Waals surface area contributed by atoms with Crippen molar-refractivity contribution in [1.29, 1.82) is 0 Å². The van der Waals surface area contributed by atoms with Crippen molar-refractivity contribution in [2.24, 2.45) is 5.92 Å². The average molecular weight is 312 g/mol. The molecule has 1 amide bonds. The Kier molecular flexibility index (Phi) is 5.74. The second-order valence-electron chi connectivity index (χ2n) is 6.33. The van der Waals surface area contributed by atoms with E-state index in [2.05, 4.69) is 24.1 Å². The summed E-state index contributed by atoms with van der Waals surface area (Å²) in [7, 11) is 0. The zero-order valence-electron chi connectivity index (χ0n) is 13.9. The Labute approximate surface area is 137 Å². The van der Waals surface area contributed by atoms with Crippen LogP contribution in [0.1, 0.15) is 44.0 Å². The first-order valence-electron chi connectivity index (χ1n) is 8.07. The fourth-order valence-corrected chi connectivity index (χ4v) is 2.40. The highest BCUT2D eigenvalue weighted by Crippen LogP contribution is 2.14. The van der Waals surface area contributed by atoms with Crippen molar-refractivity contribution in [2.75, 3.05) is 0 Å². The number of hydrogen-bond donors (Lipinski definition) is 2. The van der Waals surface area contributed by atoms with Crippen LogP contribution in [0.3, 0.4) is 0 Å². The Morgan fingerprint density at radius 3 is 2.35 bits per heavy atom. The molecular formula is C19H24N2O2. The lowest BCUT2D eigenvalue weighted by molar-refractivity contribution is 0.0935. The van der Waals surface area contributed by atoms with Crippen LogP contribution in [-0.4, -0.2) is 16.9 Å². The minimum Gasteiger partial charge on any atom is -0.349 e. The number of aromatic amines is 1. The van der Waals surface area contributed by atoms with Crippen molar-refractivity contribution in [2.45, 2.75) is 39.7 Å². The maximum atomic E-state index is 12.2. The van der Waals surface area contributed by atoms with Gasteiger partial charge in [0.1, 0.15) is 5.56 Å². The van der Waals surface area contributed by atoms with Gasteiger partial charge < -0.3 is 10.3 Å². The predicted octanol–water partition coefficient (Wildman–Crippen LogP) is 3.60. The highest BCUT2D eigenvalue weighted by molar-refractivity contribution is 5.94. The van der Waals surface area contributed by atoms with Gasteiger partial charge >= 0.3 is 0 Å². The van der Waals surface area contributed by atoms with E-state index in [1.54, 1.807) is 12.1 Å². The van der Waals surface area contributed by atoms with Crippen molar-refractivity contribution in [3.05, 3.63) is 58.4 Å². The first-order valence-corrected chi connectivity index (χ1v) is 8.07. The number of H-pyrrole nitrogens is 1. The van der Waals surface area contributed by atoms with E-state index >= 15 is 0 Å². The van der Waals surface area contributed by atoms with Crippen LogP contribution < -0.4 is 10.9 Å². The third-order valence-corrected chi connectivity index (χ3v) is 3.79. The summed E-state index contributed by atoms with van der Waals surface area (Å²) in [6, 6.07) is 13.0. The van der Waals surface area contributed by atoms with E-state index in [-0.39, 0.29) is 23.1 Å². The molecule has 1 atom stereocenters. The molecule has 0 radical (unpaired) electrons. The molecule has 1 heterocycles. The van der Waals surface area contributed by atoms with Crippen LogP contribution in [0, 0.1) is 5.92 Å². The van der Waals surface area contributed by atoms with Gasteiger partial charge in [-0.1, -0.05) is 44.2 Å². The molecule has 0 fully saturated rings. The second kappa shape index (κ2) is 7.77. The van der Waals surface area contributed by atoms with Crippen LogP contribution in [-0.2, 0) is 0 Å². The third kappa shape index (κ3) is 4.81. The Balaban J connectivity index is 2.09. The van der Waals surface area contributed by atoms with E-state index in [9.17, 15) is 9.59 Å². The molecule has 0 aliphatic heterocycles. The molecule has 0 aliphatic carbocycles. The number of carbonyl (C=O) groups is 1. The smallest absolute Gasteiger partial charge is 0.261 e. The summed E-state index contributed by atoms with van der Waals surface area (Å²) in [5.41, 5.74) is 1.42. The molecule has 0 aliphatic rings. The van der Waals surface area contributed by atoms with Crippen LogP contribution in [0.15, 0.2) is 47.3 Å². The number of nitrogens with one attached hydrogen (secondary N) is 2. The van der Waals surface area contributed by atoms with Crippen molar-refractivity contribution in [3.63, 3.8) is 0 Å². The predicted molar refractivity (Wildman–Crippen MR) is 93.5 cm³/mol. The normalized spacial score (nSPS) is 12.2. The van der Waals surface area contributed by atoms with Gasteiger partial charge in [0.2, 0.25) is 0 Å². The molecule has 0 spiro atoms. The number of amides is 1. The lowest BCUT2D eigenvalue weighted by Gasteiger charge is -2.15. The van der Waals surface area contributed by atoms with Crippen LogP contribution in [0.5, 0.6) is 0 Å². The standard InChI is InChI=1S/C19H24N2O2/c1-13(2)9-10-14(3)20-18(22)16-11-12-17(21-19(16)23)15-7-5-4-6-8-15/h4-8,11-14H,9-10H2,1-3H3,(H,20,22)(H,21,23)/t14-/m1/s1. The maximum absolute atomic E-state index is 12.2. The monoisotopic (exact) mass is 312 g/mol. The van der Waals surface area contributed by atoms with Crippen molar-refractivity contribution in [3.8, 4) is 11.3 Å². The molecule has 4 heteroatoms. The molecule has 0 saturated heterocycles. The van der Waals surface area contributed by atoms with E-state index in [1.165, 1.54) is 0 Å². The van der Waals surface area contributed by atoms with Gasteiger partial charge in [0.05, 0.1) is 0 Å². The number of aromatic nitrogens is 1. The van der Waals surface area contributed by atoms with E-state index in [0.717, 1.165) is 18.4 Å². The Hall–Kier alpha value is -2.36. The van der Waals surface area contributed by atoms with E-state index in [1.807, 2.05) is 37.3 Å². The summed E-state index contributed by atoms with van der Waals surface area (Å²) in [6.45, 7) is 6.27. The van der Waals surface area contributed by atoms with Crippen LogP contribution in [0.4, 0.5) is 0 Å². The minimum atomic E-state index is -0.361. The fraction of sp³-hybridized carbons (Fsp3) is 0.368. The molecule has 0 unspecified atom stereocenters. The largest absolute Gasteiger partial charge is 0.349 e. The Morgan fingerprint density at radius 1 is 1.04 bits per heavy atom. The summed E-state index contributed by atoms with van der Waals surface area (Å²) >= 11 is 0. The molecule has 2 aromatic rings. The SMILES string of the molecule is CC(C)CC[C@@H](C)NC(=O)c1ccc(-c2ccccc2)[nH]c1=O. The molecular weight excluding hydrogens is 288 g/mol. The van der Waals surface area contributed by atoms with Gasteiger partial charge in [-0.15, -0.1) is 0 Å². The zero-order chi connectivity index (χ0) is 16.8. The van der Waals surface area contributed by atoms with E-state index in [4.69, 9.17) is 0 Å². The summed E-state index contributed by atoms with van der Waals surface area (Å²) < 4.78 is 0. The average Bonchev–Trinajstić information content (AvgIpc) is 2.53. The fourth-order valence-electron chi connectivity index (χ4n) is 2.40. The first-order chi connectivity index (χ1) is 11.0. The lowest BCUT2D eigenvalue weighted by Crippen LogP contribution is -2.36. The molecule has 2 N–H and O–H groups in total. The molecule has 122 valence electrons. The van der Waals surface area contributed by atoms with E-state index in [0.29, 0.717) is 11.6 Å². The molecule has 4 nitrogen and oxygen atoms in total. The van der Waals surface area contributed by atoms with Crippen LogP contribution >= 0.6 is 0 Å². The first kappa shape index (κ1) is 17.0. The van der Waals surface area contributed by atoms with Gasteiger partial charge in [0.15, 0.2) is 0 Å². The zero-order valence-corrected chi connectivity index (χ0v) is 13.9. The molecule has 1 aromatic carbocycles. The minimum absolute atomic E-state index is 0.0538. The molecule has 0 bridgehead atoms. The molecule has 1 aromatic heterocycles. The van der Waals surface area contributed by atoms with Gasteiger partial charge in [-0.25, -0.2) is 0 Å². The second-order valence-corrected chi connectivity index (χ2v) is 6.33. The summed E-state index contributed by atoms with van der Waals surface area (Å²) in [4.78, 5) is 27.2. The van der Waals surface area contributed by atoms with Crippen LogP contribution in [0.2, 0.25) is 0 Å². The number of carbonyl (C=O) groups excluding carboxylic acids is 1. The summed E-state index contributed by atoms with van der Waals surface area (Å²) in [6.07, 6.45) is 1.95. The number of hydrogen-bond acceptors (Lipinski definition) is 2. The maximum Gasteiger partial charge on any atom is 0.261 e. The lowest BCUT2D eigenvalue weighted by atomic mass is 10.0. The summed E-state index contributed by atoms with van der Waals surface area (Å²) in [5, 5.41) is 2.89. The number of pyridine rings is 1. The number of rotatable bonds is 6. The van der Waals surface area contributed by atoms with Gasteiger partial charge in [-0.3, -0.25) is 9.59 Å². The molecule has 0 saturated carbocycles.